The predicted octanol–water partition coefficient (Wildman–Crippen LogP) is 2.29. The Bertz CT molecular complexity index is 480. The monoisotopic (exact) mass is 291 g/mol. The number of carbonyl (C=O) groups is 1. The Kier molecular flexibility index (Phi) is 4.70. The molecule has 0 bridgehead atoms. The highest BCUT2D eigenvalue weighted by Gasteiger charge is 2.24. The summed E-state index contributed by atoms with van der Waals surface area (Å²) in [6.07, 6.45) is 6.64. The van der Waals surface area contributed by atoms with Gasteiger partial charge in [0.25, 0.3) is 0 Å². The summed E-state index contributed by atoms with van der Waals surface area (Å²) in [6.45, 7) is 2.09. The molecule has 0 aromatic carbocycles. The molecule has 1 saturated heterocycles. The van der Waals surface area contributed by atoms with E-state index in [-0.39, 0.29) is 6.04 Å². The smallest absolute Gasteiger partial charge is 0.140 e. The van der Waals surface area contributed by atoms with E-state index in [2.05, 4.69) is 10.5 Å². The van der Waals surface area contributed by atoms with Gasteiger partial charge in [0.2, 0.25) is 0 Å². The van der Waals surface area contributed by atoms with E-state index in [1.54, 1.807) is 0 Å². The molecule has 1 aromatic heterocycles. The zero-order valence-corrected chi connectivity index (χ0v) is 12.5. The largest absolute Gasteiger partial charge is 0.361 e. The van der Waals surface area contributed by atoms with Crippen LogP contribution in [-0.4, -0.2) is 24.0 Å². The molecule has 2 aliphatic rings. The zero-order valence-electron chi connectivity index (χ0n) is 12.5. The molecule has 2 heterocycles. The van der Waals surface area contributed by atoms with Crippen LogP contribution >= 0.6 is 0 Å². The van der Waals surface area contributed by atoms with Gasteiger partial charge in [0.1, 0.15) is 17.2 Å². The van der Waals surface area contributed by atoms with Crippen molar-refractivity contribution < 1.29 is 9.32 Å². The van der Waals surface area contributed by atoms with Crippen molar-refractivity contribution >= 4 is 5.78 Å². The summed E-state index contributed by atoms with van der Waals surface area (Å²) in [5.74, 6) is 2.40. The van der Waals surface area contributed by atoms with E-state index >= 15 is 0 Å². The lowest BCUT2D eigenvalue weighted by molar-refractivity contribution is -0.117. The maximum Gasteiger partial charge on any atom is 0.140 e. The van der Waals surface area contributed by atoms with E-state index < -0.39 is 0 Å². The van der Waals surface area contributed by atoms with E-state index in [9.17, 15) is 4.79 Å². The summed E-state index contributed by atoms with van der Waals surface area (Å²) < 4.78 is 5.50. The fourth-order valence-electron chi connectivity index (χ4n) is 3.48. The predicted molar refractivity (Wildman–Crippen MR) is 79.9 cm³/mol. The van der Waals surface area contributed by atoms with Crippen LogP contribution in [0.1, 0.15) is 68.4 Å². The number of piperidine rings is 1. The maximum atomic E-state index is 11.3. The van der Waals surface area contributed by atoms with Crippen LogP contribution in [0, 0.1) is 5.92 Å². The van der Waals surface area contributed by atoms with Gasteiger partial charge in [-0.2, -0.15) is 0 Å². The van der Waals surface area contributed by atoms with Crippen LogP contribution in [0.15, 0.2) is 10.6 Å². The van der Waals surface area contributed by atoms with E-state index in [0.717, 1.165) is 69.5 Å². The zero-order chi connectivity index (χ0) is 14.7. The van der Waals surface area contributed by atoms with Gasteiger partial charge >= 0.3 is 0 Å². The highest BCUT2D eigenvalue weighted by atomic mass is 16.5. The number of hydrogen-bond donors (Lipinski definition) is 2. The molecule has 0 amide bonds. The Morgan fingerprint density at radius 2 is 2.19 bits per heavy atom. The molecule has 3 N–H and O–H groups in total. The average Bonchev–Trinajstić information content (AvgIpc) is 3.15. The number of rotatable bonds is 5. The van der Waals surface area contributed by atoms with Crippen LogP contribution in [0.3, 0.4) is 0 Å². The van der Waals surface area contributed by atoms with Gasteiger partial charge in [-0.25, -0.2) is 0 Å². The first-order chi connectivity index (χ1) is 10.2. The van der Waals surface area contributed by atoms with Crippen LogP contribution in [0.4, 0.5) is 0 Å². The van der Waals surface area contributed by atoms with Crippen molar-refractivity contribution in [3.05, 3.63) is 17.5 Å². The molecule has 2 fully saturated rings. The topological polar surface area (TPSA) is 81.2 Å². The lowest BCUT2D eigenvalue weighted by Crippen LogP contribution is -2.26. The maximum absolute atomic E-state index is 11.3. The molecule has 1 saturated carbocycles. The van der Waals surface area contributed by atoms with Crippen LogP contribution in [0.2, 0.25) is 0 Å². The Morgan fingerprint density at radius 1 is 1.38 bits per heavy atom. The molecule has 1 aromatic rings. The molecule has 1 aliphatic carbocycles. The minimum atomic E-state index is -0.0695. The van der Waals surface area contributed by atoms with E-state index in [0.29, 0.717) is 17.6 Å². The summed E-state index contributed by atoms with van der Waals surface area (Å²) in [5, 5.41) is 7.52. The molecule has 0 radical (unpaired) electrons. The molecule has 5 nitrogen and oxygen atoms in total. The SMILES string of the molecule is N[C@@H](CC[C@@H]1CCC(=O)C1)c1cc(C2CCNCC2)on1. The van der Waals surface area contributed by atoms with Gasteiger partial charge in [-0.3, -0.25) is 4.79 Å². The van der Waals surface area contributed by atoms with Crippen molar-refractivity contribution in [2.75, 3.05) is 13.1 Å². The number of nitrogens with zero attached hydrogens (tertiary/aromatic N) is 1. The van der Waals surface area contributed by atoms with E-state index in [4.69, 9.17) is 10.3 Å². The minimum absolute atomic E-state index is 0.0695. The number of nitrogens with one attached hydrogen (secondary N) is 1. The van der Waals surface area contributed by atoms with Crippen molar-refractivity contribution in [2.24, 2.45) is 11.7 Å². The summed E-state index contributed by atoms with van der Waals surface area (Å²) in [7, 11) is 0. The fraction of sp³-hybridized carbons (Fsp3) is 0.750. The average molecular weight is 291 g/mol. The second-order valence-corrected chi connectivity index (χ2v) is 6.51. The molecule has 21 heavy (non-hydrogen) atoms. The molecular weight excluding hydrogens is 266 g/mol. The second kappa shape index (κ2) is 6.71. The van der Waals surface area contributed by atoms with Gasteiger partial charge < -0.3 is 15.6 Å². The van der Waals surface area contributed by atoms with Crippen LogP contribution in [-0.2, 0) is 4.79 Å². The van der Waals surface area contributed by atoms with Crippen LogP contribution < -0.4 is 11.1 Å². The van der Waals surface area contributed by atoms with Gasteiger partial charge in [-0.1, -0.05) is 5.16 Å². The van der Waals surface area contributed by atoms with E-state index in [1.807, 2.05) is 6.07 Å². The Hall–Kier alpha value is -1.20. The number of Topliss-reactive ketones (excluding diaryl/α,β-unsaturated/α-hetero) is 1. The molecule has 5 heteroatoms. The van der Waals surface area contributed by atoms with Gasteiger partial charge in [0, 0.05) is 24.8 Å². The van der Waals surface area contributed by atoms with Gasteiger partial charge in [0.15, 0.2) is 0 Å². The molecule has 0 unspecified atom stereocenters. The first kappa shape index (κ1) is 14.7. The van der Waals surface area contributed by atoms with E-state index in [1.165, 1.54) is 0 Å². The Balaban J connectivity index is 1.51. The second-order valence-electron chi connectivity index (χ2n) is 6.51. The Labute approximate surface area is 125 Å². The number of nitrogens with two attached hydrogens (primary N) is 1. The van der Waals surface area contributed by atoms with Crippen molar-refractivity contribution in [2.45, 2.75) is 56.9 Å². The summed E-state index contributed by atoms with van der Waals surface area (Å²) in [6, 6.07) is 1.97. The van der Waals surface area contributed by atoms with Crippen molar-refractivity contribution in [3.8, 4) is 0 Å². The summed E-state index contributed by atoms with van der Waals surface area (Å²) in [4.78, 5) is 11.3. The molecule has 1 aliphatic heterocycles. The lowest BCUT2D eigenvalue weighted by Gasteiger charge is -2.19. The van der Waals surface area contributed by atoms with Gasteiger partial charge in [-0.05, 0) is 51.1 Å². The number of hydrogen-bond acceptors (Lipinski definition) is 5. The quantitative estimate of drug-likeness (QED) is 0.870. The number of carbonyl (C=O) groups excluding carboxylic acids is 1. The summed E-state index contributed by atoms with van der Waals surface area (Å²) >= 11 is 0. The fourth-order valence-corrected chi connectivity index (χ4v) is 3.48. The third-order valence-corrected chi connectivity index (χ3v) is 4.90. The van der Waals surface area contributed by atoms with Gasteiger partial charge in [0.05, 0.1) is 6.04 Å². The Morgan fingerprint density at radius 3 is 2.90 bits per heavy atom. The standard InChI is InChI=1S/C16H25N3O2/c17-14(4-2-11-1-3-13(20)9-11)15-10-16(21-19-15)12-5-7-18-8-6-12/h10-12,14,18H,1-9,17H2/t11-,14-/m0/s1. The van der Waals surface area contributed by atoms with Crippen LogP contribution in [0.5, 0.6) is 0 Å². The third kappa shape index (κ3) is 3.71. The minimum Gasteiger partial charge on any atom is -0.361 e. The van der Waals surface area contributed by atoms with Crippen molar-refractivity contribution in [1.29, 1.82) is 0 Å². The molecule has 2 atom stereocenters. The number of ketones is 1. The number of aromatic nitrogens is 1. The van der Waals surface area contributed by atoms with Crippen LogP contribution in [0.25, 0.3) is 0 Å². The summed E-state index contributed by atoms with van der Waals surface area (Å²) in [5.41, 5.74) is 7.10. The lowest BCUT2D eigenvalue weighted by atomic mass is 9.94. The van der Waals surface area contributed by atoms with Crippen molar-refractivity contribution in [1.82, 2.24) is 10.5 Å². The highest BCUT2D eigenvalue weighted by molar-refractivity contribution is 5.80. The molecule has 0 spiro atoms. The third-order valence-electron chi connectivity index (χ3n) is 4.90. The molecular formula is C16H25N3O2. The first-order valence-corrected chi connectivity index (χ1v) is 8.17. The first-order valence-electron chi connectivity index (χ1n) is 8.17. The van der Waals surface area contributed by atoms with Gasteiger partial charge in [-0.15, -0.1) is 0 Å². The van der Waals surface area contributed by atoms with Crippen molar-refractivity contribution in [3.63, 3.8) is 0 Å². The normalized spacial score (nSPS) is 25.4. The molecule has 116 valence electrons. The molecule has 3 rings (SSSR count). The highest BCUT2D eigenvalue weighted by Crippen LogP contribution is 2.30.